The Kier molecular flexibility index (Phi) is 6.62. The molecule has 9 aromatic rings. The predicted molar refractivity (Wildman–Crippen MR) is 215 cm³/mol. The summed E-state index contributed by atoms with van der Waals surface area (Å²) in [7, 11) is 0. The van der Waals surface area contributed by atoms with Crippen molar-refractivity contribution in [1.29, 1.82) is 0 Å². The third-order valence-electron chi connectivity index (χ3n) is 10.4. The summed E-state index contributed by atoms with van der Waals surface area (Å²) in [6, 6.07) is 52.2. The van der Waals surface area contributed by atoms with Crippen LogP contribution in [0.3, 0.4) is 0 Å². The fraction of sp³-hybridized carbons (Fsp3) is 0.0417. The van der Waals surface area contributed by atoms with E-state index in [1.54, 1.807) is 0 Å². The Morgan fingerprint density at radius 2 is 1.29 bits per heavy atom. The number of aromatic nitrogens is 3. The second-order valence-corrected chi connectivity index (χ2v) is 13.3. The van der Waals surface area contributed by atoms with Gasteiger partial charge in [0.25, 0.3) is 0 Å². The van der Waals surface area contributed by atoms with E-state index < -0.39 is 0 Å². The summed E-state index contributed by atoms with van der Waals surface area (Å²) < 4.78 is 2.34. The minimum atomic E-state index is 0.669. The Bertz CT molecular complexity index is 2960. The normalized spacial score (nSPS) is 13.3. The molecule has 0 saturated carbocycles. The Hall–Kier alpha value is -6.58. The summed E-state index contributed by atoms with van der Waals surface area (Å²) in [6.07, 6.45) is 6.50. The first-order valence-electron chi connectivity index (χ1n) is 17.6. The van der Waals surface area contributed by atoms with Gasteiger partial charge in [0.1, 0.15) is 0 Å². The molecule has 7 aromatic carbocycles. The number of benzene rings is 7. The highest BCUT2D eigenvalue weighted by Gasteiger charge is 2.29. The molecule has 2 aromatic heterocycles. The van der Waals surface area contributed by atoms with Crippen LogP contribution in [0.5, 0.6) is 0 Å². The summed E-state index contributed by atoms with van der Waals surface area (Å²) in [5.41, 5.74) is 12.5. The van der Waals surface area contributed by atoms with E-state index >= 15 is 0 Å². The maximum absolute atomic E-state index is 5.45. The minimum Gasteiger partial charge on any atom is -0.277 e. The highest BCUT2D eigenvalue weighted by atomic mass is 15.2. The Labute approximate surface area is 296 Å². The smallest absolute Gasteiger partial charge is 0.235 e. The predicted octanol–water partition coefficient (Wildman–Crippen LogP) is 12.5. The van der Waals surface area contributed by atoms with Gasteiger partial charge in [-0.2, -0.15) is 0 Å². The molecule has 240 valence electrons. The van der Waals surface area contributed by atoms with E-state index in [9.17, 15) is 0 Å². The molecule has 0 aliphatic heterocycles. The molecule has 10 rings (SSSR count). The summed E-state index contributed by atoms with van der Waals surface area (Å²) in [5.74, 6) is 0.669. The maximum atomic E-state index is 5.45. The molecule has 0 amide bonds. The molecule has 3 nitrogen and oxygen atoms in total. The number of hydrogen-bond acceptors (Lipinski definition) is 2. The quantitative estimate of drug-likeness (QED) is 0.173. The maximum Gasteiger partial charge on any atom is 0.235 e. The van der Waals surface area contributed by atoms with E-state index in [4.69, 9.17) is 9.97 Å². The van der Waals surface area contributed by atoms with Crippen molar-refractivity contribution in [1.82, 2.24) is 14.5 Å². The van der Waals surface area contributed by atoms with Gasteiger partial charge < -0.3 is 0 Å². The van der Waals surface area contributed by atoms with Crippen LogP contribution in [0, 0.1) is 0 Å². The molecule has 1 aliphatic carbocycles. The van der Waals surface area contributed by atoms with Gasteiger partial charge in [-0.3, -0.25) is 4.57 Å². The van der Waals surface area contributed by atoms with Gasteiger partial charge in [0.15, 0.2) is 0 Å². The van der Waals surface area contributed by atoms with E-state index in [1.165, 1.54) is 65.7 Å². The van der Waals surface area contributed by atoms with Gasteiger partial charge in [-0.1, -0.05) is 146 Å². The van der Waals surface area contributed by atoms with Gasteiger partial charge in [-0.15, -0.1) is 0 Å². The summed E-state index contributed by atoms with van der Waals surface area (Å²) >= 11 is 0. The van der Waals surface area contributed by atoms with Gasteiger partial charge in [-0.25, -0.2) is 9.97 Å². The highest BCUT2D eigenvalue weighted by molar-refractivity contribution is 6.34. The molecule has 0 radical (unpaired) electrons. The Morgan fingerprint density at radius 3 is 2.10 bits per heavy atom. The van der Waals surface area contributed by atoms with Crippen molar-refractivity contribution in [3.05, 3.63) is 186 Å². The lowest BCUT2D eigenvalue weighted by atomic mass is 9.84. The van der Waals surface area contributed by atoms with Crippen molar-refractivity contribution in [2.75, 3.05) is 0 Å². The van der Waals surface area contributed by atoms with Crippen molar-refractivity contribution in [2.45, 2.75) is 13.8 Å². The van der Waals surface area contributed by atoms with Crippen LogP contribution in [0.1, 0.15) is 30.5 Å². The first-order valence-corrected chi connectivity index (χ1v) is 17.6. The average Bonchev–Trinajstić information content (AvgIpc) is 3.48. The van der Waals surface area contributed by atoms with Crippen molar-refractivity contribution < 1.29 is 0 Å². The number of allylic oxidation sites excluding steroid dienone is 5. The highest BCUT2D eigenvalue weighted by Crippen LogP contribution is 2.51. The van der Waals surface area contributed by atoms with Crippen LogP contribution in [0.15, 0.2) is 169 Å². The summed E-state index contributed by atoms with van der Waals surface area (Å²) in [6.45, 7) is 4.33. The first-order chi connectivity index (χ1) is 25.2. The number of hydrogen-bond donors (Lipinski definition) is 0. The zero-order chi connectivity index (χ0) is 34.1. The van der Waals surface area contributed by atoms with Crippen LogP contribution in [-0.4, -0.2) is 14.5 Å². The fourth-order valence-corrected chi connectivity index (χ4v) is 8.24. The van der Waals surface area contributed by atoms with Gasteiger partial charge in [0.2, 0.25) is 5.95 Å². The molecule has 0 atom stereocenters. The molecule has 51 heavy (non-hydrogen) atoms. The van der Waals surface area contributed by atoms with Gasteiger partial charge in [0.05, 0.1) is 22.2 Å². The second kappa shape index (κ2) is 11.5. The number of para-hydroxylation sites is 1. The standard InChI is InChI=1S/C48H33N3/c1-3-4-16-30(2)41-38-29-34-21-11-12-23-35(34)47-44(38)45-40(28-27-32-22-15-25-37(43(32)45)42(41)31-17-7-5-8-18-31)51(47)48-49-39-26-14-13-24-36(39)46(50-48)33-19-9-6-10-20-33/h3-29H,1-2H3/b4-3-,30-16+. The molecule has 0 unspecified atom stereocenters. The second-order valence-electron chi connectivity index (χ2n) is 13.3. The van der Waals surface area contributed by atoms with E-state index in [1.807, 2.05) is 0 Å². The Balaban J connectivity index is 1.46. The lowest BCUT2D eigenvalue weighted by Gasteiger charge is -2.20. The van der Waals surface area contributed by atoms with Crippen LogP contribution in [-0.2, 0) is 0 Å². The third-order valence-corrected chi connectivity index (χ3v) is 10.4. The Morgan fingerprint density at radius 1 is 0.588 bits per heavy atom. The zero-order valence-electron chi connectivity index (χ0n) is 28.4. The van der Waals surface area contributed by atoms with Gasteiger partial charge in [0, 0.05) is 27.1 Å². The fourth-order valence-electron chi connectivity index (χ4n) is 8.24. The number of nitrogens with zero attached hydrogens (tertiary/aromatic N) is 3. The van der Waals surface area contributed by atoms with Crippen molar-refractivity contribution in [2.24, 2.45) is 0 Å². The van der Waals surface area contributed by atoms with E-state index in [-0.39, 0.29) is 0 Å². The van der Waals surface area contributed by atoms with Crippen LogP contribution < -0.4 is 0 Å². The van der Waals surface area contributed by atoms with Gasteiger partial charge in [-0.05, 0) is 81.6 Å². The van der Waals surface area contributed by atoms with Crippen LogP contribution >= 0.6 is 0 Å². The van der Waals surface area contributed by atoms with Crippen molar-refractivity contribution >= 4 is 65.4 Å². The number of fused-ring (bicyclic) bond motifs is 3. The topological polar surface area (TPSA) is 30.7 Å². The summed E-state index contributed by atoms with van der Waals surface area (Å²) in [4.78, 5) is 10.8. The number of rotatable bonds is 5. The van der Waals surface area contributed by atoms with E-state index in [0.717, 1.165) is 33.2 Å². The third kappa shape index (κ3) is 4.38. The van der Waals surface area contributed by atoms with Crippen molar-refractivity contribution in [3.63, 3.8) is 0 Å². The van der Waals surface area contributed by atoms with Crippen LogP contribution in [0.25, 0.3) is 82.6 Å². The molecule has 3 heteroatoms. The lowest BCUT2D eigenvalue weighted by molar-refractivity contribution is 1.02. The average molecular weight is 652 g/mol. The molecule has 0 N–H and O–H groups in total. The molecular formula is C48H33N3. The molecule has 0 bridgehead atoms. The molecule has 0 saturated heterocycles. The SMILES string of the molecule is C/C=C\C=C(/C)C1=C(c2ccccc2)c2cccc3ccc4c(c23)c2c1cc1ccccc1c2n4-c1nc(-c2ccccc2)c2ccccc2n1. The van der Waals surface area contributed by atoms with Crippen LogP contribution in [0.2, 0.25) is 0 Å². The summed E-state index contributed by atoms with van der Waals surface area (Å²) in [5, 5.41) is 8.33. The van der Waals surface area contributed by atoms with E-state index in [0.29, 0.717) is 5.95 Å². The molecule has 2 heterocycles. The monoisotopic (exact) mass is 651 g/mol. The van der Waals surface area contributed by atoms with E-state index in [2.05, 4.69) is 182 Å². The lowest BCUT2D eigenvalue weighted by Crippen LogP contribution is -2.04. The molecule has 1 aliphatic rings. The minimum absolute atomic E-state index is 0.669. The van der Waals surface area contributed by atoms with Crippen molar-refractivity contribution in [3.8, 4) is 17.2 Å². The largest absolute Gasteiger partial charge is 0.277 e. The molecule has 0 fully saturated rings. The van der Waals surface area contributed by atoms with Gasteiger partial charge >= 0.3 is 0 Å². The molecule has 0 spiro atoms. The zero-order valence-corrected chi connectivity index (χ0v) is 28.4. The first kappa shape index (κ1) is 29.3. The molecular weight excluding hydrogens is 619 g/mol. The van der Waals surface area contributed by atoms with Crippen LogP contribution in [0.4, 0.5) is 0 Å².